The summed E-state index contributed by atoms with van der Waals surface area (Å²) in [5.74, 6) is 1.17. The van der Waals surface area contributed by atoms with E-state index in [2.05, 4.69) is 0 Å². The molecule has 0 bridgehead atoms. The zero-order chi connectivity index (χ0) is 21.7. The molecule has 0 aliphatic heterocycles. The molecule has 0 fully saturated rings. The van der Waals surface area contributed by atoms with Crippen LogP contribution in [-0.4, -0.2) is 25.3 Å². The van der Waals surface area contributed by atoms with Crippen molar-refractivity contribution < 1.29 is 28.2 Å². The molecule has 0 aliphatic carbocycles. The van der Waals surface area contributed by atoms with Crippen molar-refractivity contribution in [3.8, 4) is 23.0 Å². The molecule has 2 atom stereocenters. The maximum atomic E-state index is 12.7. The summed E-state index contributed by atoms with van der Waals surface area (Å²) in [6.45, 7) is 5.36. The highest BCUT2D eigenvalue weighted by atomic mass is 16.6. The Bertz CT molecular complexity index is 1070. The van der Waals surface area contributed by atoms with Crippen LogP contribution in [0.25, 0.3) is 11.0 Å². The molecule has 0 aliphatic rings. The molecule has 2 aromatic carbocycles. The van der Waals surface area contributed by atoms with E-state index in [0.29, 0.717) is 28.2 Å². The third-order valence-corrected chi connectivity index (χ3v) is 4.54. The predicted molar refractivity (Wildman–Crippen MR) is 111 cm³/mol. The van der Waals surface area contributed by atoms with Crippen LogP contribution in [0.3, 0.4) is 0 Å². The van der Waals surface area contributed by atoms with Gasteiger partial charge in [-0.3, -0.25) is 4.79 Å². The van der Waals surface area contributed by atoms with Gasteiger partial charge in [0.2, 0.25) is 11.2 Å². The van der Waals surface area contributed by atoms with E-state index in [0.717, 1.165) is 6.42 Å². The van der Waals surface area contributed by atoms with E-state index < -0.39 is 12.1 Å². The van der Waals surface area contributed by atoms with Gasteiger partial charge >= 0.3 is 5.97 Å². The van der Waals surface area contributed by atoms with Crippen LogP contribution in [0.2, 0.25) is 0 Å². The lowest BCUT2D eigenvalue weighted by molar-refractivity contribution is -0.155. The summed E-state index contributed by atoms with van der Waals surface area (Å²) in [6.07, 6.45) is 1.00. The second-order valence-electron chi connectivity index (χ2n) is 6.78. The van der Waals surface area contributed by atoms with Gasteiger partial charge in [0.05, 0.1) is 18.6 Å². The Balaban J connectivity index is 1.77. The summed E-state index contributed by atoms with van der Waals surface area (Å²) in [7, 11) is 1.57. The van der Waals surface area contributed by atoms with Gasteiger partial charge in [-0.15, -0.1) is 0 Å². The van der Waals surface area contributed by atoms with Gasteiger partial charge in [-0.2, -0.15) is 0 Å². The summed E-state index contributed by atoms with van der Waals surface area (Å²) in [5, 5.41) is 0.336. The maximum absolute atomic E-state index is 12.7. The van der Waals surface area contributed by atoms with E-state index in [9.17, 15) is 9.59 Å². The number of carbonyl (C=O) groups is 1. The van der Waals surface area contributed by atoms with Crippen LogP contribution in [0.15, 0.2) is 57.9 Å². The number of fused-ring (bicyclic) bond motifs is 1. The van der Waals surface area contributed by atoms with Crippen molar-refractivity contribution in [2.75, 3.05) is 7.11 Å². The summed E-state index contributed by atoms with van der Waals surface area (Å²) in [5.41, 5.74) is 0.00456. The average molecular weight is 412 g/mol. The van der Waals surface area contributed by atoms with Crippen LogP contribution in [-0.2, 0) is 9.53 Å². The molecule has 0 N–H and O–H groups in total. The summed E-state index contributed by atoms with van der Waals surface area (Å²) >= 11 is 0. The predicted octanol–water partition coefficient (Wildman–Crippen LogP) is 4.70. The normalized spacial score (nSPS) is 12.8. The molecule has 2 unspecified atom stereocenters. The van der Waals surface area contributed by atoms with E-state index in [4.69, 9.17) is 23.4 Å². The van der Waals surface area contributed by atoms with E-state index in [1.54, 1.807) is 56.5 Å². The van der Waals surface area contributed by atoms with Gasteiger partial charge in [-0.05, 0) is 56.7 Å². The second-order valence-corrected chi connectivity index (χ2v) is 6.78. The lowest BCUT2D eigenvalue weighted by Gasteiger charge is -2.17. The van der Waals surface area contributed by atoms with E-state index in [1.165, 1.54) is 6.26 Å². The van der Waals surface area contributed by atoms with Crippen LogP contribution in [0.5, 0.6) is 23.0 Å². The third-order valence-electron chi connectivity index (χ3n) is 4.54. The topological polar surface area (TPSA) is 84.2 Å². The average Bonchev–Trinajstić information content (AvgIpc) is 2.76. The van der Waals surface area contributed by atoms with Crippen LogP contribution in [0.1, 0.15) is 27.2 Å². The van der Waals surface area contributed by atoms with Crippen molar-refractivity contribution in [3.63, 3.8) is 0 Å². The number of rotatable bonds is 8. The minimum atomic E-state index is -0.791. The van der Waals surface area contributed by atoms with Crippen LogP contribution < -0.4 is 19.6 Å². The first-order valence-electron chi connectivity index (χ1n) is 9.66. The van der Waals surface area contributed by atoms with Gasteiger partial charge in [0.1, 0.15) is 29.1 Å². The Morgan fingerprint density at radius 3 is 2.37 bits per heavy atom. The molecule has 158 valence electrons. The summed E-state index contributed by atoms with van der Waals surface area (Å²) in [6, 6.07) is 11.6. The minimum absolute atomic E-state index is 0.0619. The lowest BCUT2D eigenvalue weighted by Crippen LogP contribution is -2.29. The van der Waals surface area contributed by atoms with Crippen LogP contribution in [0.4, 0.5) is 0 Å². The molecule has 7 nitrogen and oxygen atoms in total. The number of carbonyl (C=O) groups excluding carboxylic acids is 1. The monoisotopic (exact) mass is 412 g/mol. The van der Waals surface area contributed by atoms with E-state index in [1.807, 2.05) is 13.8 Å². The Hall–Kier alpha value is -3.48. The summed E-state index contributed by atoms with van der Waals surface area (Å²) in [4.78, 5) is 24.8. The first-order chi connectivity index (χ1) is 14.4. The molecule has 0 spiro atoms. The Morgan fingerprint density at radius 1 is 1.03 bits per heavy atom. The minimum Gasteiger partial charge on any atom is -0.497 e. The molecule has 0 saturated heterocycles. The molecule has 7 heteroatoms. The standard InChI is InChI=1S/C23H24O7/c1-5-14(2)28-23(25)15(3)29-18-10-11-19-20(12-18)27-13-21(22(19)24)30-17-8-6-16(26-4)7-9-17/h6-15H,5H2,1-4H3. The van der Waals surface area contributed by atoms with Gasteiger partial charge in [0.25, 0.3) is 0 Å². The molecule has 30 heavy (non-hydrogen) atoms. The molecule has 0 amide bonds. The van der Waals surface area contributed by atoms with Gasteiger partial charge in [-0.25, -0.2) is 4.79 Å². The van der Waals surface area contributed by atoms with Crippen molar-refractivity contribution in [1.29, 1.82) is 0 Å². The van der Waals surface area contributed by atoms with Gasteiger partial charge in [-0.1, -0.05) is 6.92 Å². The quantitative estimate of drug-likeness (QED) is 0.496. The van der Waals surface area contributed by atoms with Crippen molar-refractivity contribution in [1.82, 2.24) is 0 Å². The van der Waals surface area contributed by atoms with Gasteiger partial charge in [0.15, 0.2) is 6.10 Å². The third kappa shape index (κ3) is 4.92. The smallest absolute Gasteiger partial charge is 0.347 e. The van der Waals surface area contributed by atoms with Crippen LogP contribution in [0, 0.1) is 0 Å². The zero-order valence-electron chi connectivity index (χ0n) is 17.3. The van der Waals surface area contributed by atoms with Crippen molar-refractivity contribution in [3.05, 3.63) is 59.0 Å². The number of esters is 1. The number of ether oxygens (including phenoxy) is 4. The van der Waals surface area contributed by atoms with E-state index in [-0.39, 0.29) is 17.3 Å². The van der Waals surface area contributed by atoms with Crippen LogP contribution >= 0.6 is 0 Å². The molecule has 3 aromatic rings. The zero-order valence-corrected chi connectivity index (χ0v) is 17.3. The van der Waals surface area contributed by atoms with Gasteiger partial charge in [0, 0.05) is 6.07 Å². The molecule has 1 aromatic heterocycles. The van der Waals surface area contributed by atoms with Crippen molar-refractivity contribution in [2.24, 2.45) is 0 Å². The molecular formula is C23H24O7. The molecule has 0 radical (unpaired) electrons. The van der Waals surface area contributed by atoms with E-state index >= 15 is 0 Å². The largest absolute Gasteiger partial charge is 0.497 e. The number of hydrogen-bond acceptors (Lipinski definition) is 7. The SMILES string of the molecule is CCC(C)OC(=O)C(C)Oc1ccc2c(=O)c(Oc3ccc(OC)cc3)coc2c1. The Morgan fingerprint density at radius 2 is 1.70 bits per heavy atom. The Kier molecular flexibility index (Phi) is 6.61. The molecular weight excluding hydrogens is 388 g/mol. The maximum Gasteiger partial charge on any atom is 0.347 e. The molecule has 0 saturated carbocycles. The van der Waals surface area contributed by atoms with Gasteiger partial charge < -0.3 is 23.4 Å². The fraction of sp³-hybridized carbons (Fsp3) is 0.304. The first kappa shape index (κ1) is 21.2. The highest BCUT2D eigenvalue weighted by molar-refractivity contribution is 5.79. The lowest BCUT2D eigenvalue weighted by atomic mass is 10.2. The summed E-state index contributed by atoms with van der Waals surface area (Å²) < 4.78 is 27.2. The van der Waals surface area contributed by atoms with Crippen molar-refractivity contribution >= 4 is 16.9 Å². The highest BCUT2D eigenvalue weighted by Gasteiger charge is 2.19. The molecule has 1 heterocycles. The number of benzene rings is 2. The number of hydrogen-bond donors (Lipinski definition) is 0. The number of methoxy groups -OCH3 is 1. The fourth-order valence-electron chi connectivity index (χ4n) is 2.64. The highest BCUT2D eigenvalue weighted by Crippen LogP contribution is 2.25. The molecule has 3 rings (SSSR count). The second kappa shape index (κ2) is 9.35. The Labute approximate surface area is 174 Å². The van der Waals surface area contributed by atoms with Crippen molar-refractivity contribution in [2.45, 2.75) is 39.4 Å². The first-order valence-corrected chi connectivity index (χ1v) is 9.66. The fourth-order valence-corrected chi connectivity index (χ4v) is 2.64.